The molecule has 1 N–H and O–H groups in total. The van der Waals surface area contributed by atoms with Crippen LogP contribution in [0.25, 0.3) is 23.1 Å². The molecule has 0 fully saturated rings. The van der Waals surface area contributed by atoms with Crippen LogP contribution < -0.4 is 0 Å². The fourth-order valence-electron chi connectivity index (χ4n) is 1.82. The SMILES string of the molecule is Oc1cccc2ccc(C=Cc3ccc(Br)o3)nc12. The van der Waals surface area contributed by atoms with Crippen LogP contribution >= 0.6 is 15.9 Å². The van der Waals surface area contributed by atoms with E-state index in [0.29, 0.717) is 10.2 Å². The number of aromatic nitrogens is 1. The lowest BCUT2D eigenvalue weighted by atomic mass is 10.2. The summed E-state index contributed by atoms with van der Waals surface area (Å²) in [5, 5.41) is 10.7. The van der Waals surface area contributed by atoms with Gasteiger partial charge >= 0.3 is 0 Å². The summed E-state index contributed by atoms with van der Waals surface area (Å²) >= 11 is 3.25. The average molecular weight is 316 g/mol. The van der Waals surface area contributed by atoms with Gasteiger partial charge in [0, 0.05) is 5.39 Å². The molecule has 3 rings (SSSR count). The molecule has 4 heteroatoms. The molecule has 2 heterocycles. The van der Waals surface area contributed by atoms with Crippen molar-refractivity contribution in [1.82, 2.24) is 4.98 Å². The van der Waals surface area contributed by atoms with E-state index in [0.717, 1.165) is 16.8 Å². The highest BCUT2D eigenvalue weighted by Crippen LogP contribution is 2.23. The van der Waals surface area contributed by atoms with E-state index in [1.807, 2.05) is 42.5 Å². The molecule has 0 saturated carbocycles. The van der Waals surface area contributed by atoms with Crippen molar-refractivity contribution in [2.45, 2.75) is 0 Å². The molecule has 0 spiro atoms. The molecule has 0 amide bonds. The second kappa shape index (κ2) is 4.90. The maximum atomic E-state index is 9.77. The topological polar surface area (TPSA) is 46.3 Å². The quantitative estimate of drug-likeness (QED) is 0.759. The Balaban J connectivity index is 1.97. The monoisotopic (exact) mass is 315 g/mol. The van der Waals surface area contributed by atoms with Gasteiger partial charge in [-0.2, -0.15) is 0 Å². The van der Waals surface area contributed by atoms with E-state index in [2.05, 4.69) is 20.9 Å². The molecule has 0 unspecified atom stereocenters. The van der Waals surface area contributed by atoms with Crippen LogP contribution in [0, 0.1) is 0 Å². The van der Waals surface area contributed by atoms with E-state index in [9.17, 15) is 5.11 Å². The number of nitrogens with zero attached hydrogens (tertiary/aromatic N) is 1. The summed E-state index contributed by atoms with van der Waals surface area (Å²) in [5.41, 5.74) is 1.37. The fraction of sp³-hybridized carbons (Fsp3) is 0. The zero-order valence-corrected chi connectivity index (χ0v) is 11.5. The Bertz CT molecular complexity index is 762. The van der Waals surface area contributed by atoms with Gasteiger partial charge in [-0.25, -0.2) is 4.98 Å². The first-order valence-electron chi connectivity index (χ1n) is 5.74. The van der Waals surface area contributed by atoms with Crippen LogP contribution in [0.15, 0.2) is 51.6 Å². The zero-order chi connectivity index (χ0) is 13.2. The van der Waals surface area contributed by atoms with E-state index in [-0.39, 0.29) is 5.75 Å². The van der Waals surface area contributed by atoms with Crippen molar-refractivity contribution in [3.63, 3.8) is 0 Å². The zero-order valence-electron chi connectivity index (χ0n) is 9.88. The molecule has 0 aliphatic heterocycles. The first-order valence-corrected chi connectivity index (χ1v) is 6.54. The first kappa shape index (κ1) is 12.0. The fourth-order valence-corrected chi connectivity index (χ4v) is 2.14. The van der Waals surface area contributed by atoms with Crippen LogP contribution in [0.4, 0.5) is 0 Å². The molecule has 3 nitrogen and oxygen atoms in total. The Kier molecular flexibility index (Phi) is 3.09. The molecule has 1 aromatic carbocycles. The van der Waals surface area contributed by atoms with Gasteiger partial charge in [-0.1, -0.05) is 18.2 Å². The minimum Gasteiger partial charge on any atom is -0.506 e. The smallest absolute Gasteiger partial charge is 0.169 e. The summed E-state index contributed by atoms with van der Waals surface area (Å²) in [6, 6.07) is 12.9. The van der Waals surface area contributed by atoms with Crippen LogP contribution in [-0.4, -0.2) is 10.1 Å². The van der Waals surface area contributed by atoms with E-state index in [1.54, 1.807) is 12.1 Å². The van der Waals surface area contributed by atoms with Crippen molar-refractivity contribution in [2.24, 2.45) is 0 Å². The molecule has 3 aromatic rings. The highest BCUT2D eigenvalue weighted by molar-refractivity contribution is 9.10. The van der Waals surface area contributed by atoms with E-state index in [4.69, 9.17) is 4.42 Å². The molecular formula is C15H10BrNO2. The number of halogens is 1. The Hall–Kier alpha value is -2.07. The highest BCUT2D eigenvalue weighted by atomic mass is 79.9. The molecule has 0 bridgehead atoms. The Morgan fingerprint density at radius 1 is 1.05 bits per heavy atom. The van der Waals surface area contributed by atoms with Gasteiger partial charge in [-0.15, -0.1) is 0 Å². The lowest BCUT2D eigenvalue weighted by Gasteiger charge is -2.00. The molecule has 0 aliphatic rings. The summed E-state index contributed by atoms with van der Waals surface area (Å²) in [7, 11) is 0. The maximum absolute atomic E-state index is 9.77. The third-order valence-electron chi connectivity index (χ3n) is 2.73. The average Bonchev–Trinajstić information content (AvgIpc) is 2.83. The Morgan fingerprint density at radius 3 is 2.74 bits per heavy atom. The molecule has 19 heavy (non-hydrogen) atoms. The van der Waals surface area contributed by atoms with Crippen molar-refractivity contribution in [3.05, 3.63) is 58.6 Å². The Morgan fingerprint density at radius 2 is 1.95 bits per heavy atom. The summed E-state index contributed by atoms with van der Waals surface area (Å²) in [6.07, 6.45) is 3.68. The van der Waals surface area contributed by atoms with Crippen molar-refractivity contribution in [1.29, 1.82) is 0 Å². The summed E-state index contributed by atoms with van der Waals surface area (Å²) in [5.74, 6) is 0.930. The van der Waals surface area contributed by atoms with E-state index >= 15 is 0 Å². The van der Waals surface area contributed by atoms with Crippen molar-refractivity contribution < 1.29 is 9.52 Å². The first-order chi connectivity index (χ1) is 9.22. The van der Waals surface area contributed by atoms with Crippen molar-refractivity contribution in [3.8, 4) is 5.75 Å². The number of para-hydroxylation sites is 1. The minimum absolute atomic E-state index is 0.188. The number of fused-ring (bicyclic) bond motifs is 1. The third-order valence-corrected chi connectivity index (χ3v) is 3.16. The highest BCUT2D eigenvalue weighted by Gasteiger charge is 2.01. The number of phenols is 1. The summed E-state index contributed by atoms with van der Waals surface area (Å²) in [4.78, 5) is 4.41. The summed E-state index contributed by atoms with van der Waals surface area (Å²) in [6.45, 7) is 0. The summed E-state index contributed by atoms with van der Waals surface area (Å²) < 4.78 is 6.06. The van der Waals surface area contributed by atoms with Crippen LogP contribution in [0.2, 0.25) is 0 Å². The van der Waals surface area contributed by atoms with Crippen LogP contribution in [0.3, 0.4) is 0 Å². The number of phenolic OH excluding ortho intramolecular Hbond substituents is 1. The van der Waals surface area contributed by atoms with Gasteiger partial charge in [-0.3, -0.25) is 0 Å². The number of benzene rings is 1. The van der Waals surface area contributed by atoms with Gasteiger partial charge in [0.05, 0.1) is 5.69 Å². The lowest BCUT2D eigenvalue weighted by Crippen LogP contribution is -1.83. The number of hydrogen-bond donors (Lipinski definition) is 1. The third kappa shape index (κ3) is 2.53. The largest absolute Gasteiger partial charge is 0.506 e. The number of aromatic hydroxyl groups is 1. The number of hydrogen-bond acceptors (Lipinski definition) is 3. The predicted molar refractivity (Wildman–Crippen MR) is 78.7 cm³/mol. The predicted octanol–water partition coefficient (Wildman–Crippen LogP) is 4.47. The van der Waals surface area contributed by atoms with Gasteiger partial charge in [0.1, 0.15) is 17.0 Å². The van der Waals surface area contributed by atoms with Crippen molar-refractivity contribution in [2.75, 3.05) is 0 Å². The molecule has 94 valence electrons. The minimum atomic E-state index is 0.188. The molecule has 0 saturated heterocycles. The molecular weight excluding hydrogens is 306 g/mol. The lowest BCUT2D eigenvalue weighted by molar-refractivity contribution is 0.480. The van der Waals surface area contributed by atoms with Crippen LogP contribution in [0.5, 0.6) is 5.75 Å². The van der Waals surface area contributed by atoms with Crippen LogP contribution in [-0.2, 0) is 0 Å². The van der Waals surface area contributed by atoms with Gasteiger partial charge in [0.15, 0.2) is 4.67 Å². The standard InChI is InChI=1S/C15H10BrNO2/c16-14-9-8-12(19-14)7-6-11-5-4-10-2-1-3-13(18)15(10)17-11/h1-9,18H. The molecule has 0 atom stereocenters. The number of pyridine rings is 1. The van der Waals surface area contributed by atoms with Crippen molar-refractivity contribution >= 4 is 39.0 Å². The van der Waals surface area contributed by atoms with Gasteiger partial charge in [0.25, 0.3) is 0 Å². The van der Waals surface area contributed by atoms with Gasteiger partial charge in [0.2, 0.25) is 0 Å². The molecule has 0 aliphatic carbocycles. The Labute approximate surface area is 118 Å². The normalized spacial score (nSPS) is 11.4. The molecule has 2 aromatic heterocycles. The number of furan rings is 1. The second-order valence-electron chi connectivity index (χ2n) is 4.06. The second-order valence-corrected chi connectivity index (χ2v) is 4.84. The van der Waals surface area contributed by atoms with Gasteiger partial charge < -0.3 is 9.52 Å². The maximum Gasteiger partial charge on any atom is 0.169 e. The van der Waals surface area contributed by atoms with E-state index in [1.165, 1.54) is 0 Å². The van der Waals surface area contributed by atoms with E-state index < -0.39 is 0 Å². The van der Waals surface area contributed by atoms with Crippen LogP contribution in [0.1, 0.15) is 11.5 Å². The number of rotatable bonds is 2. The van der Waals surface area contributed by atoms with Gasteiger partial charge in [-0.05, 0) is 52.3 Å². The molecule has 0 radical (unpaired) electrons.